The molecule has 1 aliphatic rings. The summed E-state index contributed by atoms with van der Waals surface area (Å²) in [6, 6.07) is 9.85. The van der Waals surface area contributed by atoms with Gasteiger partial charge in [0, 0.05) is 23.7 Å². The predicted molar refractivity (Wildman–Crippen MR) is 135 cm³/mol. The minimum Gasteiger partial charge on any atom is -0.350 e. The van der Waals surface area contributed by atoms with E-state index in [9.17, 15) is 4.39 Å². The molecule has 0 bridgehead atoms. The summed E-state index contributed by atoms with van der Waals surface area (Å²) in [5.41, 5.74) is 2.40. The van der Waals surface area contributed by atoms with Crippen LogP contribution in [0.5, 0.6) is 0 Å². The first-order valence-corrected chi connectivity index (χ1v) is 12.2. The minimum atomic E-state index is -0.344. The molecular formula is C24H22Cl3FN6. The molecule has 0 unspecified atom stereocenters. The van der Waals surface area contributed by atoms with Crippen LogP contribution < -0.4 is 10.6 Å². The lowest BCUT2D eigenvalue weighted by molar-refractivity contribution is 0.341. The summed E-state index contributed by atoms with van der Waals surface area (Å²) >= 11 is 19.1. The van der Waals surface area contributed by atoms with E-state index in [1.807, 2.05) is 6.07 Å². The number of aromatic nitrogens is 4. The molecule has 2 aromatic carbocycles. The Morgan fingerprint density at radius 3 is 2.71 bits per heavy atom. The second kappa shape index (κ2) is 10.0. The molecule has 6 nitrogen and oxygen atoms in total. The maximum atomic E-state index is 14.1. The van der Waals surface area contributed by atoms with Crippen molar-refractivity contribution >= 4 is 51.9 Å². The van der Waals surface area contributed by atoms with E-state index in [1.54, 1.807) is 24.4 Å². The van der Waals surface area contributed by atoms with Crippen LogP contribution in [0.25, 0.3) is 22.6 Å². The molecular weight excluding hydrogens is 498 g/mol. The first-order chi connectivity index (χ1) is 16.5. The molecule has 2 N–H and O–H groups in total. The average Bonchev–Trinajstić information content (AvgIpc) is 3.17. The Kier molecular flexibility index (Phi) is 6.88. The lowest BCUT2D eigenvalue weighted by atomic mass is 9.99. The Hall–Kier alpha value is -2.45. The molecule has 0 radical (unpaired) electrons. The van der Waals surface area contributed by atoms with Crippen LogP contribution in [-0.4, -0.2) is 32.6 Å². The molecule has 1 atom stereocenters. The van der Waals surface area contributed by atoms with E-state index in [-0.39, 0.29) is 12.4 Å². The normalized spacial score (nSPS) is 16.2. The van der Waals surface area contributed by atoms with E-state index >= 15 is 0 Å². The minimum absolute atomic E-state index is 0.196. The van der Waals surface area contributed by atoms with Gasteiger partial charge in [-0.3, -0.25) is 0 Å². The molecule has 10 heteroatoms. The second-order valence-electron chi connectivity index (χ2n) is 8.35. The predicted octanol–water partition coefficient (Wildman–Crippen LogP) is 6.20. The van der Waals surface area contributed by atoms with Gasteiger partial charge in [0.15, 0.2) is 5.65 Å². The van der Waals surface area contributed by atoms with Crippen molar-refractivity contribution in [1.82, 2.24) is 24.8 Å². The van der Waals surface area contributed by atoms with Crippen molar-refractivity contribution in [3.63, 3.8) is 0 Å². The fourth-order valence-electron chi connectivity index (χ4n) is 4.27. The molecule has 1 saturated heterocycles. The molecule has 3 heterocycles. The number of piperidine rings is 1. The lowest BCUT2D eigenvalue weighted by Gasteiger charge is -2.24. The first kappa shape index (κ1) is 23.3. The van der Waals surface area contributed by atoms with E-state index < -0.39 is 0 Å². The average molecular weight is 520 g/mol. The molecule has 1 aliphatic heterocycles. The van der Waals surface area contributed by atoms with Crippen molar-refractivity contribution in [1.29, 1.82) is 0 Å². The number of rotatable bonds is 6. The van der Waals surface area contributed by atoms with Gasteiger partial charge in [0.2, 0.25) is 5.95 Å². The molecule has 2 aromatic heterocycles. The zero-order valence-corrected chi connectivity index (χ0v) is 20.4. The second-order valence-corrected chi connectivity index (χ2v) is 9.60. The van der Waals surface area contributed by atoms with Gasteiger partial charge in [-0.2, -0.15) is 4.98 Å². The standard InChI is InChI=1S/C24H22Cl3FN6/c25-16-6-7-19(28)15(9-16)11-30-24-31-12-20-22(33-24)34(13-14-3-2-8-29-10-14)23(32-20)21-17(26)4-1-5-18(21)27/h1,4-7,9,12,14,29H,2-3,8,10-11,13H2,(H,30,31,33)/t14-/m1/s1. The molecule has 0 amide bonds. The summed E-state index contributed by atoms with van der Waals surface area (Å²) < 4.78 is 16.2. The number of hydrogen-bond donors (Lipinski definition) is 2. The van der Waals surface area contributed by atoms with Gasteiger partial charge in [-0.15, -0.1) is 0 Å². The topological polar surface area (TPSA) is 67.7 Å². The number of nitrogens with one attached hydrogen (secondary N) is 2. The Balaban J connectivity index is 1.54. The highest BCUT2D eigenvalue weighted by Gasteiger charge is 2.23. The SMILES string of the molecule is Fc1ccc(Cl)cc1CNc1ncc2nc(-c3c(Cl)cccc3Cl)n(C[C@@H]3CCCNC3)c2n1. The van der Waals surface area contributed by atoms with E-state index in [4.69, 9.17) is 44.8 Å². The van der Waals surface area contributed by atoms with Crippen LogP contribution in [0.1, 0.15) is 18.4 Å². The molecule has 5 rings (SSSR count). The van der Waals surface area contributed by atoms with Crippen LogP contribution in [0.3, 0.4) is 0 Å². The van der Waals surface area contributed by atoms with Gasteiger partial charge < -0.3 is 15.2 Å². The summed E-state index contributed by atoms with van der Waals surface area (Å²) in [6.07, 6.45) is 3.88. The largest absolute Gasteiger partial charge is 0.350 e. The number of fused-ring (bicyclic) bond motifs is 1. The van der Waals surface area contributed by atoms with Crippen LogP contribution in [0, 0.1) is 11.7 Å². The molecule has 0 aliphatic carbocycles. The maximum absolute atomic E-state index is 14.1. The number of benzene rings is 2. The zero-order chi connectivity index (χ0) is 23.7. The monoisotopic (exact) mass is 518 g/mol. The van der Waals surface area contributed by atoms with Gasteiger partial charge in [-0.25, -0.2) is 14.4 Å². The highest BCUT2D eigenvalue weighted by molar-refractivity contribution is 6.39. The Labute approximate surface area is 211 Å². The molecule has 1 fully saturated rings. The number of imidazole rings is 1. The third kappa shape index (κ3) is 4.84. The fourth-order valence-corrected chi connectivity index (χ4v) is 5.03. The Morgan fingerprint density at radius 2 is 1.94 bits per heavy atom. The Morgan fingerprint density at radius 1 is 1.12 bits per heavy atom. The maximum Gasteiger partial charge on any atom is 0.225 e. The third-order valence-corrected chi connectivity index (χ3v) is 6.82. The smallest absolute Gasteiger partial charge is 0.225 e. The van der Waals surface area contributed by atoms with Crippen LogP contribution in [0.2, 0.25) is 15.1 Å². The van der Waals surface area contributed by atoms with Gasteiger partial charge in [-0.1, -0.05) is 40.9 Å². The zero-order valence-electron chi connectivity index (χ0n) is 18.2. The molecule has 0 saturated carbocycles. The van der Waals surface area contributed by atoms with Crippen LogP contribution in [0.4, 0.5) is 10.3 Å². The van der Waals surface area contributed by atoms with Crippen molar-refractivity contribution < 1.29 is 4.39 Å². The van der Waals surface area contributed by atoms with Crippen molar-refractivity contribution in [3.8, 4) is 11.4 Å². The quantitative estimate of drug-likeness (QED) is 0.317. The van der Waals surface area contributed by atoms with Gasteiger partial charge in [0.1, 0.15) is 17.2 Å². The van der Waals surface area contributed by atoms with Crippen molar-refractivity contribution in [2.75, 3.05) is 18.4 Å². The van der Waals surface area contributed by atoms with Crippen LogP contribution >= 0.6 is 34.8 Å². The number of nitrogens with zero attached hydrogens (tertiary/aromatic N) is 4. The number of anilines is 1. The van der Waals surface area contributed by atoms with Crippen LogP contribution in [0.15, 0.2) is 42.6 Å². The van der Waals surface area contributed by atoms with Gasteiger partial charge in [0.25, 0.3) is 0 Å². The summed E-state index contributed by atoms with van der Waals surface area (Å²) in [7, 11) is 0. The molecule has 176 valence electrons. The van der Waals surface area contributed by atoms with Crippen molar-refractivity contribution in [2.45, 2.75) is 25.9 Å². The molecule has 0 spiro atoms. The third-order valence-electron chi connectivity index (χ3n) is 5.96. The van der Waals surface area contributed by atoms with Crippen LogP contribution in [-0.2, 0) is 13.1 Å². The first-order valence-electron chi connectivity index (χ1n) is 11.1. The number of halogens is 4. The summed E-state index contributed by atoms with van der Waals surface area (Å²) in [4.78, 5) is 13.9. The van der Waals surface area contributed by atoms with E-state index in [0.717, 1.165) is 25.9 Å². The lowest BCUT2D eigenvalue weighted by Crippen LogP contribution is -2.32. The van der Waals surface area contributed by atoms with Gasteiger partial charge in [0.05, 0.1) is 21.8 Å². The van der Waals surface area contributed by atoms with E-state index in [0.29, 0.717) is 61.6 Å². The highest BCUT2D eigenvalue weighted by Crippen LogP contribution is 2.36. The van der Waals surface area contributed by atoms with Crippen molar-refractivity contribution in [3.05, 3.63) is 69.0 Å². The van der Waals surface area contributed by atoms with Gasteiger partial charge in [-0.05, 0) is 62.2 Å². The van der Waals surface area contributed by atoms with Crippen molar-refractivity contribution in [2.24, 2.45) is 5.92 Å². The summed E-state index contributed by atoms with van der Waals surface area (Å²) in [6.45, 7) is 2.85. The molecule has 4 aromatic rings. The number of hydrogen-bond acceptors (Lipinski definition) is 5. The fraction of sp³-hybridized carbons (Fsp3) is 0.292. The highest BCUT2D eigenvalue weighted by atomic mass is 35.5. The van der Waals surface area contributed by atoms with E-state index in [1.165, 1.54) is 12.1 Å². The van der Waals surface area contributed by atoms with E-state index in [2.05, 4.69) is 20.2 Å². The summed E-state index contributed by atoms with van der Waals surface area (Å²) in [5, 5.41) is 8.07. The van der Waals surface area contributed by atoms with Gasteiger partial charge >= 0.3 is 0 Å². The summed E-state index contributed by atoms with van der Waals surface area (Å²) in [5.74, 6) is 1.09. The molecule has 34 heavy (non-hydrogen) atoms. The Bertz CT molecular complexity index is 1320.